The minimum absolute atomic E-state index is 0.621. The summed E-state index contributed by atoms with van der Waals surface area (Å²) in [5, 5.41) is 0.756. The van der Waals surface area contributed by atoms with E-state index in [1.54, 1.807) is 12.4 Å². The molecule has 0 fully saturated rings. The second-order valence-electron chi connectivity index (χ2n) is 3.54. The second-order valence-corrected chi connectivity index (χ2v) is 4.57. The minimum Gasteiger partial charge on any atom is -0.341 e. The Morgan fingerprint density at radius 2 is 2.06 bits per heavy atom. The van der Waals surface area contributed by atoms with Gasteiger partial charge < -0.3 is 4.98 Å². The first-order valence-corrected chi connectivity index (χ1v) is 6.06. The van der Waals surface area contributed by atoms with Crippen LogP contribution in [0.25, 0.3) is 11.2 Å². The highest BCUT2D eigenvalue weighted by Crippen LogP contribution is 2.31. The van der Waals surface area contributed by atoms with Gasteiger partial charge in [-0.1, -0.05) is 30.0 Å². The zero-order valence-corrected chi connectivity index (χ0v) is 10.0. The Balaban J connectivity index is 2.06. The third-order valence-electron chi connectivity index (χ3n) is 2.44. The van der Waals surface area contributed by atoms with Gasteiger partial charge in [0.1, 0.15) is 16.9 Å². The SMILES string of the molecule is O=Cc1ccccc1Sc1ncnc2nc[nH]c12. The molecule has 3 rings (SSSR count). The number of hydrogen-bond donors (Lipinski definition) is 1. The van der Waals surface area contributed by atoms with E-state index in [1.165, 1.54) is 18.1 Å². The quantitative estimate of drug-likeness (QED) is 0.575. The van der Waals surface area contributed by atoms with Crippen LogP contribution in [-0.4, -0.2) is 26.2 Å². The van der Waals surface area contributed by atoms with Crippen molar-refractivity contribution in [2.75, 3.05) is 0 Å². The Kier molecular flexibility index (Phi) is 2.77. The first-order valence-electron chi connectivity index (χ1n) is 5.24. The van der Waals surface area contributed by atoms with E-state index >= 15 is 0 Å². The largest absolute Gasteiger partial charge is 0.341 e. The number of carbonyl (C=O) groups is 1. The third kappa shape index (κ3) is 1.86. The molecule has 0 saturated heterocycles. The Hall–Kier alpha value is -2.21. The van der Waals surface area contributed by atoms with Gasteiger partial charge in [0.2, 0.25) is 0 Å². The number of nitrogens with one attached hydrogen (secondary N) is 1. The van der Waals surface area contributed by atoms with Gasteiger partial charge in [-0.25, -0.2) is 15.0 Å². The summed E-state index contributed by atoms with van der Waals surface area (Å²) >= 11 is 1.42. The Morgan fingerprint density at radius 1 is 1.17 bits per heavy atom. The van der Waals surface area contributed by atoms with Gasteiger partial charge in [-0.15, -0.1) is 0 Å². The summed E-state index contributed by atoms with van der Waals surface area (Å²) in [4.78, 5) is 27.2. The molecule has 0 aliphatic carbocycles. The number of benzene rings is 1. The standard InChI is InChI=1S/C12H8N4OS/c17-5-8-3-1-2-4-9(8)18-12-10-11(14-6-13-10)15-7-16-12/h1-7H,(H,13,14,15,16). The van der Waals surface area contributed by atoms with Gasteiger partial charge >= 0.3 is 0 Å². The van der Waals surface area contributed by atoms with E-state index in [0.29, 0.717) is 11.2 Å². The smallest absolute Gasteiger partial charge is 0.181 e. The predicted octanol–water partition coefficient (Wildman–Crippen LogP) is 2.32. The van der Waals surface area contributed by atoms with E-state index in [-0.39, 0.29) is 0 Å². The molecule has 2 heterocycles. The normalized spacial score (nSPS) is 10.7. The number of aldehydes is 1. The molecule has 0 unspecified atom stereocenters. The molecule has 5 nitrogen and oxygen atoms in total. The van der Waals surface area contributed by atoms with Crippen molar-refractivity contribution in [2.24, 2.45) is 0 Å². The van der Waals surface area contributed by atoms with E-state index < -0.39 is 0 Å². The number of H-pyrrole nitrogens is 1. The third-order valence-corrected chi connectivity index (χ3v) is 3.54. The topological polar surface area (TPSA) is 71.5 Å². The number of nitrogens with zero attached hydrogens (tertiary/aromatic N) is 3. The van der Waals surface area contributed by atoms with Crippen LogP contribution in [0.5, 0.6) is 0 Å². The monoisotopic (exact) mass is 256 g/mol. The second kappa shape index (κ2) is 4.58. The summed E-state index contributed by atoms with van der Waals surface area (Å²) in [6, 6.07) is 7.39. The highest BCUT2D eigenvalue weighted by Gasteiger charge is 2.09. The highest BCUT2D eigenvalue weighted by molar-refractivity contribution is 7.99. The molecule has 0 aliphatic rings. The summed E-state index contributed by atoms with van der Waals surface area (Å²) in [5.41, 5.74) is 2.05. The maximum absolute atomic E-state index is 11.0. The molecular formula is C12H8N4OS. The average Bonchev–Trinajstić information content (AvgIpc) is 2.89. The van der Waals surface area contributed by atoms with Crippen molar-refractivity contribution in [1.82, 2.24) is 19.9 Å². The van der Waals surface area contributed by atoms with E-state index in [9.17, 15) is 4.79 Å². The van der Waals surface area contributed by atoms with Crippen LogP contribution in [-0.2, 0) is 0 Å². The summed E-state index contributed by atoms with van der Waals surface area (Å²) in [6.07, 6.45) is 3.89. The number of imidazole rings is 1. The number of fused-ring (bicyclic) bond motifs is 1. The Bertz CT molecular complexity index is 710. The van der Waals surface area contributed by atoms with Gasteiger partial charge in [-0.2, -0.15) is 0 Å². The lowest BCUT2D eigenvalue weighted by Gasteiger charge is -2.03. The first-order chi connectivity index (χ1) is 8.88. The Labute approximate surface area is 107 Å². The molecule has 0 atom stereocenters. The van der Waals surface area contributed by atoms with Crippen molar-refractivity contribution in [1.29, 1.82) is 0 Å². The number of rotatable bonds is 3. The zero-order chi connectivity index (χ0) is 12.4. The van der Waals surface area contributed by atoms with E-state index in [0.717, 1.165) is 21.7 Å². The van der Waals surface area contributed by atoms with Crippen molar-refractivity contribution >= 4 is 29.2 Å². The van der Waals surface area contributed by atoms with Crippen molar-refractivity contribution in [2.45, 2.75) is 9.92 Å². The van der Waals surface area contributed by atoms with Crippen molar-refractivity contribution in [3.8, 4) is 0 Å². The summed E-state index contributed by atoms with van der Waals surface area (Å²) < 4.78 is 0. The van der Waals surface area contributed by atoms with Gasteiger partial charge in [0.15, 0.2) is 11.9 Å². The number of aromatic nitrogens is 4. The van der Waals surface area contributed by atoms with E-state index in [4.69, 9.17) is 0 Å². The van der Waals surface area contributed by atoms with Crippen LogP contribution in [0.4, 0.5) is 0 Å². The maximum atomic E-state index is 11.0. The fourth-order valence-corrected chi connectivity index (χ4v) is 2.54. The molecule has 1 N–H and O–H groups in total. The number of hydrogen-bond acceptors (Lipinski definition) is 5. The molecule has 18 heavy (non-hydrogen) atoms. The number of aromatic amines is 1. The predicted molar refractivity (Wildman–Crippen MR) is 67.6 cm³/mol. The molecule has 0 amide bonds. The van der Waals surface area contributed by atoms with Gasteiger partial charge in [0.25, 0.3) is 0 Å². The van der Waals surface area contributed by atoms with Crippen molar-refractivity contribution < 1.29 is 4.79 Å². The van der Waals surface area contributed by atoms with Gasteiger partial charge in [0, 0.05) is 10.5 Å². The first kappa shape index (κ1) is 10.9. The lowest BCUT2D eigenvalue weighted by Crippen LogP contribution is -1.88. The molecular weight excluding hydrogens is 248 g/mol. The van der Waals surface area contributed by atoms with E-state index in [1.807, 2.05) is 18.2 Å². The number of carbonyl (C=O) groups excluding carboxylic acids is 1. The lowest BCUT2D eigenvalue weighted by molar-refractivity contribution is 0.112. The molecule has 0 spiro atoms. The molecule has 3 aromatic rings. The molecule has 1 aromatic carbocycles. The molecule has 0 radical (unpaired) electrons. The Morgan fingerprint density at radius 3 is 2.94 bits per heavy atom. The lowest BCUT2D eigenvalue weighted by atomic mass is 10.2. The average molecular weight is 256 g/mol. The van der Waals surface area contributed by atoms with Crippen LogP contribution in [0.15, 0.2) is 46.8 Å². The molecule has 2 aromatic heterocycles. The molecule has 88 valence electrons. The van der Waals surface area contributed by atoms with Crippen LogP contribution >= 0.6 is 11.8 Å². The van der Waals surface area contributed by atoms with Crippen LogP contribution < -0.4 is 0 Å². The van der Waals surface area contributed by atoms with Gasteiger partial charge in [-0.3, -0.25) is 4.79 Å². The maximum Gasteiger partial charge on any atom is 0.181 e. The summed E-state index contributed by atoms with van der Waals surface area (Å²) in [6.45, 7) is 0. The molecule has 0 bridgehead atoms. The highest BCUT2D eigenvalue weighted by atomic mass is 32.2. The fourth-order valence-electron chi connectivity index (χ4n) is 1.60. The van der Waals surface area contributed by atoms with E-state index in [2.05, 4.69) is 19.9 Å². The van der Waals surface area contributed by atoms with Crippen LogP contribution in [0.3, 0.4) is 0 Å². The molecule has 6 heteroatoms. The van der Waals surface area contributed by atoms with Crippen LogP contribution in [0, 0.1) is 0 Å². The summed E-state index contributed by atoms with van der Waals surface area (Å²) in [5.74, 6) is 0. The zero-order valence-electron chi connectivity index (χ0n) is 9.20. The van der Waals surface area contributed by atoms with Crippen molar-refractivity contribution in [3.63, 3.8) is 0 Å². The minimum atomic E-state index is 0.621. The molecule has 0 saturated carbocycles. The van der Waals surface area contributed by atoms with Crippen LogP contribution in [0.1, 0.15) is 10.4 Å². The van der Waals surface area contributed by atoms with Gasteiger partial charge in [0.05, 0.1) is 6.33 Å². The van der Waals surface area contributed by atoms with Crippen LogP contribution in [0.2, 0.25) is 0 Å². The summed E-state index contributed by atoms with van der Waals surface area (Å²) in [7, 11) is 0. The van der Waals surface area contributed by atoms with Gasteiger partial charge in [-0.05, 0) is 6.07 Å². The molecule has 0 aliphatic heterocycles. The fraction of sp³-hybridized carbons (Fsp3) is 0. The van der Waals surface area contributed by atoms with Crippen molar-refractivity contribution in [3.05, 3.63) is 42.5 Å².